The Labute approximate surface area is 535 Å². The van der Waals surface area contributed by atoms with Gasteiger partial charge in [0.2, 0.25) is 0 Å². The zero-order valence-corrected chi connectivity index (χ0v) is 48.4. The Hall–Kier alpha value is -13.4. The molecule has 30 heteroatoms. The fourth-order valence-corrected chi connectivity index (χ4v) is 12.0. The van der Waals surface area contributed by atoms with Crippen LogP contribution in [-0.2, 0) is 20.6 Å². The maximum atomic E-state index is 14.9. The molecule has 3 aliphatic rings. The van der Waals surface area contributed by atoms with Gasteiger partial charge in [0.05, 0.1) is 28.5 Å². The molecule has 3 heterocycles. The molecule has 8 unspecified atom stereocenters. The minimum Gasteiger partial charge on any atom is -0.508 e. The number of esters is 3. The van der Waals surface area contributed by atoms with Crippen molar-refractivity contribution in [2.45, 2.75) is 54.9 Å². The standard InChI is InChI=1S/C66H50O30/c67-27-16-36(75)48-45(17-27)91-59(22-2-5-30(69)34(73)8-22)62(95-65(89)25-12-41(80)55(85)42(81)13-25)52(48)49-38(77)20-46-51(57(49)87)53(63(60(92-46)23-3-6-31(70)35(74)9-23)96-66(90)26-14-43(82)56(86)44(83)15-26)50-37(76)19-32(71)28-18-47(93-64(88)24-10-39(78)54(84)40(79)11-24)58(94-61(28)50)21-1-4-29(68)33(72)7-21/h1-17,19-20,47,52-53,58-60,62-63,67-87H,18H2. The van der Waals surface area contributed by atoms with Crippen LogP contribution in [-0.4, -0.2) is 143 Å². The first-order valence-electron chi connectivity index (χ1n) is 28.1. The Morgan fingerprint density at radius 2 is 0.688 bits per heavy atom. The van der Waals surface area contributed by atoms with Crippen LogP contribution in [0.4, 0.5) is 0 Å². The molecular formula is C66H50O30. The summed E-state index contributed by atoms with van der Waals surface area (Å²) in [5, 5.41) is 232. The summed E-state index contributed by atoms with van der Waals surface area (Å²) in [4.78, 5) is 43.6. The number of carbonyl (C=O) groups excluding carboxylic acids is 3. The number of rotatable bonds is 11. The van der Waals surface area contributed by atoms with Crippen LogP contribution in [0.5, 0.6) is 138 Å². The van der Waals surface area contributed by atoms with Crippen LogP contribution < -0.4 is 14.2 Å². The van der Waals surface area contributed by atoms with E-state index in [1.54, 1.807) is 0 Å². The lowest BCUT2D eigenvalue weighted by atomic mass is 9.73. The molecule has 0 saturated heterocycles. The van der Waals surface area contributed by atoms with E-state index in [4.69, 9.17) is 28.4 Å². The molecule has 0 aliphatic carbocycles. The first kappa shape index (κ1) is 62.8. The molecular weight excluding hydrogens is 1270 g/mol. The van der Waals surface area contributed by atoms with Gasteiger partial charge in [-0.05, 0) is 72.8 Å². The van der Waals surface area contributed by atoms with Crippen molar-refractivity contribution in [1.29, 1.82) is 0 Å². The van der Waals surface area contributed by atoms with Crippen LogP contribution in [0.15, 0.2) is 115 Å². The summed E-state index contributed by atoms with van der Waals surface area (Å²) >= 11 is 0. The van der Waals surface area contributed by atoms with Crippen molar-refractivity contribution in [2.75, 3.05) is 0 Å². The van der Waals surface area contributed by atoms with Gasteiger partial charge in [0.1, 0.15) is 57.8 Å². The van der Waals surface area contributed by atoms with E-state index in [-0.39, 0.29) is 16.7 Å². The quantitative estimate of drug-likeness (QED) is 0.0341. The van der Waals surface area contributed by atoms with Gasteiger partial charge in [-0.15, -0.1) is 0 Å². The van der Waals surface area contributed by atoms with Gasteiger partial charge in [-0.1, -0.05) is 18.2 Å². The van der Waals surface area contributed by atoms with Crippen molar-refractivity contribution >= 4 is 17.9 Å². The Kier molecular flexibility index (Phi) is 15.3. The van der Waals surface area contributed by atoms with Crippen molar-refractivity contribution in [2.24, 2.45) is 0 Å². The van der Waals surface area contributed by atoms with E-state index in [2.05, 4.69) is 0 Å². The smallest absolute Gasteiger partial charge is 0.338 e. The molecule has 494 valence electrons. The van der Waals surface area contributed by atoms with Gasteiger partial charge in [0.15, 0.2) is 117 Å². The summed E-state index contributed by atoms with van der Waals surface area (Å²) in [6.07, 6.45) is -12.5. The number of fused-ring (bicyclic) bond motifs is 3. The van der Waals surface area contributed by atoms with Crippen LogP contribution in [0.3, 0.4) is 0 Å². The number of hydrogen-bond acceptors (Lipinski definition) is 30. The number of hydrogen-bond donors (Lipinski definition) is 21. The molecule has 0 aromatic heterocycles. The third-order valence-corrected chi connectivity index (χ3v) is 16.4. The lowest BCUT2D eigenvalue weighted by Gasteiger charge is -2.43. The van der Waals surface area contributed by atoms with Crippen LogP contribution >= 0.6 is 0 Å². The first-order chi connectivity index (χ1) is 45.5. The van der Waals surface area contributed by atoms with E-state index in [1.807, 2.05) is 0 Å². The van der Waals surface area contributed by atoms with Crippen molar-refractivity contribution in [3.63, 3.8) is 0 Å². The SMILES string of the molecule is O=C(OC1Cc2c(O)cc(O)c(C3c4c(cc(O)c(C5c6c(O)cc(O)cc6OC(c6ccc(O)c(O)c6)C5OC(=O)c5cc(O)c(O)c(O)c5)c4O)OC(c4ccc(O)c(O)c4)C3OC(=O)c3cc(O)c(O)c(O)c3)c2OC1c1ccc(O)c(O)c1)c1cc(O)c(O)c(O)c1. The van der Waals surface area contributed by atoms with Crippen LogP contribution in [0, 0.1) is 0 Å². The fourth-order valence-electron chi connectivity index (χ4n) is 12.0. The third-order valence-electron chi connectivity index (χ3n) is 16.4. The highest BCUT2D eigenvalue weighted by atomic mass is 16.6. The van der Waals surface area contributed by atoms with Crippen molar-refractivity contribution in [1.82, 2.24) is 0 Å². The van der Waals surface area contributed by atoms with Crippen LogP contribution in [0.2, 0.25) is 0 Å². The second-order valence-corrected chi connectivity index (χ2v) is 22.4. The Bertz CT molecular complexity index is 4680. The largest absolute Gasteiger partial charge is 0.508 e. The maximum Gasteiger partial charge on any atom is 0.338 e. The Balaban J connectivity index is 1.15. The summed E-state index contributed by atoms with van der Waals surface area (Å²) in [7, 11) is 0. The van der Waals surface area contributed by atoms with Gasteiger partial charge in [0, 0.05) is 75.2 Å². The van der Waals surface area contributed by atoms with Gasteiger partial charge < -0.3 is 136 Å². The molecule has 12 rings (SSSR count). The van der Waals surface area contributed by atoms with Gasteiger partial charge >= 0.3 is 17.9 Å². The highest BCUT2D eigenvalue weighted by molar-refractivity contribution is 5.93. The predicted octanol–water partition coefficient (Wildman–Crippen LogP) is 7.39. The molecule has 8 atom stereocenters. The summed E-state index contributed by atoms with van der Waals surface area (Å²) in [5.74, 6) is -30.3. The number of aromatic hydroxyl groups is 21. The molecule has 0 amide bonds. The molecule has 9 aromatic carbocycles. The lowest BCUT2D eigenvalue weighted by molar-refractivity contribution is -0.0310. The Morgan fingerprint density at radius 1 is 0.312 bits per heavy atom. The summed E-state index contributed by atoms with van der Waals surface area (Å²) in [6.45, 7) is 0. The minimum atomic E-state index is -2.27. The predicted molar refractivity (Wildman–Crippen MR) is 318 cm³/mol. The number of ether oxygens (including phenoxy) is 6. The topological polar surface area (TPSA) is 531 Å². The normalized spacial score (nSPS) is 19.2. The maximum absolute atomic E-state index is 14.9. The zero-order chi connectivity index (χ0) is 68.9. The van der Waals surface area contributed by atoms with Crippen molar-refractivity contribution in [3.05, 3.63) is 176 Å². The minimum absolute atomic E-state index is 0.160. The van der Waals surface area contributed by atoms with E-state index >= 15 is 0 Å². The molecule has 30 nitrogen and oxygen atoms in total. The van der Waals surface area contributed by atoms with Gasteiger partial charge in [-0.3, -0.25) is 0 Å². The molecule has 0 fully saturated rings. The van der Waals surface area contributed by atoms with Crippen molar-refractivity contribution in [3.8, 4) is 138 Å². The number of carbonyl (C=O) groups is 3. The first-order valence-corrected chi connectivity index (χ1v) is 28.1. The molecule has 96 heavy (non-hydrogen) atoms. The van der Waals surface area contributed by atoms with E-state index in [0.29, 0.717) is 30.3 Å². The van der Waals surface area contributed by atoms with Crippen molar-refractivity contribution < 1.29 is 150 Å². The van der Waals surface area contributed by atoms with Gasteiger partial charge in [-0.2, -0.15) is 0 Å². The average molecular weight is 1320 g/mol. The molecule has 0 bridgehead atoms. The summed E-state index contributed by atoms with van der Waals surface area (Å²) in [6, 6.07) is 16.4. The van der Waals surface area contributed by atoms with Crippen LogP contribution in [0.1, 0.15) is 106 Å². The van der Waals surface area contributed by atoms with Gasteiger partial charge in [0.25, 0.3) is 0 Å². The number of benzene rings is 9. The van der Waals surface area contributed by atoms with Gasteiger partial charge in [-0.25, -0.2) is 14.4 Å². The fraction of sp³-hybridized carbons (Fsp3) is 0.136. The van der Waals surface area contributed by atoms with E-state index in [9.17, 15) is 122 Å². The zero-order valence-electron chi connectivity index (χ0n) is 48.4. The third kappa shape index (κ3) is 10.8. The Morgan fingerprint density at radius 3 is 1.11 bits per heavy atom. The molecule has 0 radical (unpaired) electrons. The summed E-state index contributed by atoms with van der Waals surface area (Å²) < 4.78 is 37.9. The molecule has 21 N–H and O–H groups in total. The average Bonchev–Trinajstić information content (AvgIpc) is 0.713. The van der Waals surface area contributed by atoms with Crippen LogP contribution in [0.25, 0.3) is 0 Å². The molecule has 3 aliphatic heterocycles. The second kappa shape index (κ2) is 23.4. The van der Waals surface area contributed by atoms with E-state index < -0.39 is 255 Å². The molecule has 9 aromatic rings. The van der Waals surface area contributed by atoms with E-state index in [0.717, 1.165) is 78.9 Å². The number of phenolic OH excluding ortho intramolecular Hbond substituents is 21. The molecule has 0 spiro atoms. The summed E-state index contributed by atoms with van der Waals surface area (Å²) in [5.41, 5.74) is -5.83. The highest BCUT2D eigenvalue weighted by Crippen LogP contribution is 2.63. The second-order valence-electron chi connectivity index (χ2n) is 22.4. The highest BCUT2D eigenvalue weighted by Gasteiger charge is 2.53. The number of phenols is 21. The lowest BCUT2D eigenvalue weighted by Crippen LogP contribution is -2.41. The van der Waals surface area contributed by atoms with E-state index in [1.165, 1.54) is 6.07 Å². The molecule has 0 saturated carbocycles. The monoisotopic (exact) mass is 1320 g/mol.